The Kier molecular flexibility index (Phi) is 3.35. The van der Waals surface area contributed by atoms with Crippen molar-refractivity contribution < 1.29 is 18.0 Å². The number of urea groups is 1. The Morgan fingerprint density at radius 2 is 2.10 bits per heavy atom. The summed E-state index contributed by atoms with van der Waals surface area (Å²) >= 11 is 0. The number of nitrogens with zero attached hydrogens (tertiary/aromatic N) is 3. The van der Waals surface area contributed by atoms with Gasteiger partial charge in [-0.25, -0.2) is 4.79 Å². The summed E-state index contributed by atoms with van der Waals surface area (Å²) in [6.45, 7) is 0. The molecule has 0 fully saturated rings. The van der Waals surface area contributed by atoms with Crippen molar-refractivity contribution in [3.05, 3.63) is 30.2 Å². The van der Waals surface area contributed by atoms with Crippen LogP contribution in [-0.4, -0.2) is 20.8 Å². The number of anilines is 1. The van der Waals surface area contributed by atoms with Gasteiger partial charge in [-0.15, -0.1) is 0 Å². The summed E-state index contributed by atoms with van der Waals surface area (Å²) in [4.78, 5) is 14.4. The Bertz CT molecular complexity index is 650. The Labute approximate surface area is 111 Å². The Balaban J connectivity index is 2.54. The van der Waals surface area contributed by atoms with Gasteiger partial charge in [0.1, 0.15) is 0 Å². The highest BCUT2D eigenvalue weighted by atomic mass is 19.4. The molecule has 2 rings (SSSR count). The second-order valence-corrected chi connectivity index (χ2v) is 4.01. The standard InChI is InChI=1S/C11H10F3N5O/c1-19-5-6(3-17-19)9-8(11(12,13)14)2-7(4-16-9)18-10(15)20/h2-5H,1H3,(H3,15,18,20). The Morgan fingerprint density at radius 3 is 2.60 bits per heavy atom. The number of hydrogen-bond acceptors (Lipinski definition) is 3. The Morgan fingerprint density at radius 1 is 1.40 bits per heavy atom. The molecule has 0 aliphatic rings. The van der Waals surface area contributed by atoms with Crippen LogP contribution in [0.4, 0.5) is 23.7 Å². The molecule has 2 aromatic heterocycles. The van der Waals surface area contributed by atoms with Gasteiger partial charge in [0.05, 0.1) is 29.3 Å². The molecule has 0 aromatic carbocycles. The zero-order chi connectivity index (χ0) is 14.9. The lowest BCUT2D eigenvalue weighted by molar-refractivity contribution is -0.137. The zero-order valence-electron chi connectivity index (χ0n) is 10.3. The number of aryl methyl sites for hydroxylation is 1. The average molecular weight is 285 g/mol. The van der Waals surface area contributed by atoms with Gasteiger partial charge in [0.15, 0.2) is 0 Å². The van der Waals surface area contributed by atoms with E-state index in [0.717, 1.165) is 12.3 Å². The molecule has 0 spiro atoms. The molecular weight excluding hydrogens is 275 g/mol. The molecule has 0 atom stereocenters. The maximum absolute atomic E-state index is 13.0. The normalized spacial score (nSPS) is 11.4. The van der Waals surface area contributed by atoms with Gasteiger partial charge < -0.3 is 11.1 Å². The predicted molar refractivity (Wildman–Crippen MR) is 64.6 cm³/mol. The summed E-state index contributed by atoms with van der Waals surface area (Å²) in [5, 5.41) is 5.86. The van der Waals surface area contributed by atoms with Gasteiger partial charge in [0, 0.05) is 18.8 Å². The van der Waals surface area contributed by atoms with E-state index in [4.69, 9.17) is 5.73 Å². The quantitative estimate of drug-likeness (QED) is 0.884. The minimum absolute atomic E-state index is 0.127. The van der Waals surface area contributed by atoms with Crippen LogP contribution in [0.15, 0.2) is 24.7 Å². The third-order valence-corrected chi connectivity index (χ3v) is 2.44. The number of primary amides is 1. The van der Waals surface area contributed by atoms with Gasteiger partial charge >= 0.3 is 12.2 Å². The minimum atomic E-state index is -4.62. The van der Waals surface area contributed by atoms with E-state index in [0.29, 0.717) is 0 Å². The number of amides is 2. The third kappa shape index (κ3) is 2.87. The van der Waals surface area contributed by atoms with E-state index in [-0.39, 0.29) is 16.9 Å². The molecule has 2 amide bonds. The number of carbonyl (C=O) groups is 1. The molecule has 0 aliphatic carbocycles. The number of nitrogens with two attached hydrogens (primary N) is 1. The van der Waals surface area contributed by atoms with E-state index in [9.17, 15) is 18.0 Å². The monoisotopic (exact) mass is 285 g/mol. The summed E-state index contributed by atoms with van der Waals surface area (Å²) in [5.74, 6) is 0. The number of pyridine rings is 1. The van der Waals surface area contributed by atoms with E-state index >= 15 is 0 Å². The summed E-state index contributed by atoms with van der Waals surface area (Å²) < 4.78 is 40.5. The second-order valence-electron chi connectivity index (χ2n) is 4.01. The van der Waals surface area contributed by atoms with Gasteiger partial charge in [-0.05, 0) is 6.07 Å². The first-order valence-electron chi connectivity index (χ1n) is 5.40. The predicted octanol–water partition coefficient (Wildman–Crippen LogP) is 1.99. The van der Waals surface area contributed by atoms with Gasteiger partial charge in [-0.1, -0.05) is 0 Å². The first-order chi connectivity index (χ1) is 9.27. The topological polar surface area (TPSA) is 85.8 Å². The van der Waals surface area contributed by atoms with Gasteiger partial charge in [-0.3, -0.25) is 9.67 Å². The van der Waals surface area contributed by atoms with Crippen molar-refractivity contribution >= 4 is 11.7 Å². The van der Waals surface area contributed by atoms with Crippen LogP contribution in [0.25, 0.3) is 11.3 Å². The van der Waals surface area contributed by atoms with Crippen LogP contribution in [0.1, 0.15) is 5.56 Å². The van der Waals surface area contributed by atoms with Crippen molar-refractivity contribution in [3.8, 4) is 11.3 Å². The highest BCUT2D eigenvalue weighted by Gasteiger charge is 2.35. The smallest absolute Gasteiger partial charge is 0.351 e. The van der Waals surface area contributed by atoms with Crippen molar-refractivity contribution in [2.45, 2.75) is 6.18 Å². The molecule has 2 aromatic rings. The van der Waals surface area contributed by atoms with Crippen molar-refractivity contribution in [2.75, 3.05) is 5.32 Å². The van der Waals surface area contributed by atoms with Gasteiger partial charge in [0.2, 0.25) is 0 Å². The number of nitrogens with one attached hydrogen (secondary N) is 1. The van der Waals surface area contributed by atoms with Crippen LogP contribution < -0.4 is 11.1 Å². The van der Waals surface area contributed by atoms with Crippen LogP contribution >= 0.6 is 0 Å². The highest BCUT2D eigenvalue weighted by Crippen LogP contribution is 2.37. The first-order valence-corrected chi connectivity index (χ1v) is 5.40. The van der Waals surface area contributed by atoms with Gasteiger partial charge in [-0.2, -0.15) is 18.3 Å². The fraction of sp³-hybridized carbons (Fsp3) is 0.182. The number of hydrogen-bond donors (Lipinski definition) is 2. The highest BCUT2D eigenvalue weighted by molar-refractivity contribution is 5.88. The van der Waals surface area contributed by atoms with Crippen LogP contribution in [-0.2, 0) is 13.2 Å². The molecule has 0 unspecified atom stereocenters. The molecule has 6 nitrogen and oxygen atoms in total. The fourth-order valence-electron chi connectivity index (χ4n) is 1.67. The molecule has 0 bridgehead atoms. The summed E-state index contributed by atoms with van der Waals surface area (Å²) in [6.07, 6.45) is -0.826. The van der Waals surface area contributed by atoms with Crippen LogP contribution in [0.2, 0.25) is 0 Å². The first kappa shape index (κ1) is 13.8. The summed E-state index contributed by atoms with van der Waals surface area (Å²) in [7, 11) is 1.58. The second kappa shape index (κ2) is 4.83. The Hall–Kier alpha value is -2.58. The third-order valence-electron chi connectivity index (χ3n) is 2.44. The molecule has 0 saturated heterocycles. The maximum Gasteiger partial charge on any atom is 0.418 e. The number of carbonyl (C=O) groups excluding carboxylic acids is 1. The molecule has 9 heteroatoms. The van der Waals surface area contributed by atoms with Crippen molar-refractivity contribution in [3.63, 3.8) is 0 Å². The summed E-state index contributed by atoms with van der Waals surface area (Å²) in [6, 6.07) is -0.186. The molecule has 20 heavy (non-hydrogen) atoms. The molecule has 106 valence electrons. The summed E-state index contributed by atoms with van der Waals surface area (Å²) in [5.41, 5.74) is 3.73. The lowest BCUT2D eigenvalue weighted by Gasteiger charge is -2.12. The maximum atomic E-state index is 13.0. The molecule has 3 N–H and O–H groups in total. The van der Waals surface area contributed by atoms with E-state index in [1.54, 1.807) is 7.05 Å². The van der Waals surface area contributed by atoms with Crippen molar-refractivity contribution in [1.29, 1.82) is 0 Å². The number of aromatic nitrogens is 3. The molecule has 0 saturated carbocycles. The van der Waals surface area contributed by atoms with E-state index in [1.807, 2.05) is 0 Å². The minimum Gasteiger partial charge on any atom is -0.351 e. The lowest BCUT2D eigenvalue weighted by atomic mass is 10.1. The zero-order valence-corrected chi connectivity index (χ0v) is 10.3. The average Bonchev–Trinajstić information content (AvgIpc) is 2.74. The SMILES string of the molecule is Cn1cc(-c2ncc(NC(N)=O)cc2C(F)(F)F)cn1. The molecule has 2 heterocycles. The number of rotatable bonds is 2. The van der Waals surface area contributed by atoms with E-state index in [2.05, 4.69) is 15.4 Å². The largest absolute Gasteiger partial charge is 0.418 e. The fourth-order valence-corrected chi connectivity index (χ4v) is 1.67. The number of halogens is 3. The molecule has 0 aliphatic heterocycles. The van der Waals surface area contributed by atoms with Crippen LogP contribution in [0, 0.1) is 0 Å². The number of alkyl halides is 3. The van der Waals surface area contributed by atoms with Crippen LogP contribution in [0.3, 0.4) is 0 Å². The van der Waals surface area contributed by atoms with Crippen molar-refractivity contribution in [2.24, 2.45) is 12.8 Å². The lowest BCUT2D eigenvalue weighted by Crippen LogP contribution is -2.20. The van der Waals surface area contributed by atoms with E-state index in [1.165, 1.54) is 17.1 Å². The van der Waals surface area contributed by atoms with Crippen molar-refractivity contribution in [1.82, 2.24) is 14.8 Å². The molecular formula is C11H10F3N5O. The van der Waals surface area contributed by atoms with Crippen LogP contribution in [0.5, 0.6) is 0 Å². The van der Waals surface area contributed by atoms with E-state index < -0.39 is 17.8 Å². The van der Waals surface area contributed by atoms with Gasteiger partial charge in [0.25, 0.3) is 0 Å². The molecule has 0 radical (unpaired) electrons.